The van der Waals surface area contributed by atoms with E-state index in [1.807, 2.05) is 6.92 Å². The van der Waals surface area contributed by atoms with Gasteiger partial charge in [-0.1, -0.05) is 65.2 Å². The fraction of sp³-hybridized carbons (Fsp3) is 0.543. The molecule has 6 atom stereocenters. The van der Waals surface area contributed by atoms with Gasteiger partial charge < -0.3 is 87.2 Å². The van der Waals surface area contributed by atoms with Crippen LogP contribution in [0, 0.1) is 5.92 Å². The fourth-order valence-electron chi connectivity index (χ4n) is 15.3. The topological polar surface area (TPSA) is 483 Å². The predicted molar refractivity (Wildman–Crippen MR) is 438 cm³/mol. The molecule has 38 heteroatoms. The Balaban J connectivity index is 0.701. The van der Waals surface area contributed by atoms with Crippen LogP contribution in [0.3, 0.4) is 0 Å². The molecule has 1 aliphatic carbocycles. The van der Waals surface area contributed by atoms with Gasteiger partial charge in [-0.05, 0) is 118 Å². The van der Waals surface area contributed by atoms with Gasteiger partial charge in [0.05, 0.1) is 37.5 Å². The first-order chi connectivity index (χ1) is 57.1. The van der Waals surface area contributed by atoms with Crippen molar-refractivity contribution >= 4 is 135 Å². The molecular weight excluding hydrogens is 1560 g/mol. The minimum absolute atomic E-state index is 0.0108. The number of nitrogens with zero attached hydrogens (tertiary/aromatic N) is 8. The fourth-order valence-corrected chi connectivity index (χ4v) is 16.4. The maximum absolute atomic E-state index is 14.1. The van der Waals surface area contributed by atoms with Gasteiger partial charge in [0.2, 0.25) is 65.0 Å². The van der Waals surface area contributed by atoms with E-state index in [2.05, 4.69) is 62.6 Å². The number of unbranched alkanes of at least 4 members (excludes halogenated alkanes) is 2. The van der Waals surface area contributed by atoms with E-state index in [0.717, 1.165) is 47.2 Å². The zero-order chi connectivity index (χ0) is 85.6. The number of thioether (sulfide) groups is 1. The van der Waals surface area contributed by atoms with Gasteiger partial charge in [0, 0.05) is 124 Å². The summed E-state index contributed by atoms with van der Waals surface area (Å²) in [4.78, 5) is 215. The van der Waals surface area contributed by atoms with Crippen molar-refractivity contribution in [2.45, 2.75) is 198 Å². The van der Waals surface area contributed by atoms with E-state index in [0.29, 0.717) is 104 Å². The van der Waals surface area contributed by atoms with E-state index in [1.165, 1.54) is 12.0 Å². The maximum Gasteiger partial charge on any atom is 0.410 e. The minimum Gasteiger partial charge on any atom is -0.495 e. The predicted octanol–water partition coefficient (Wildman–Crippen LogP) is 4.40. The van der Waals surface area contributed by atoms with Crippen molar-refractivity contribution in [1.82, 2.24) is 61.5 Å². The van der Waals surface area contributed by atoms with E-state index >= 15 is 0 Å². The van der Waals surface area contributed by atoms with Crippen LogP contribution in [-0.4, -0.2) is 250 Å². The number of rotatable bonds is 41. The number of likely N-dealkylation sites (N-methyl/N-ethyl adjacent to an activating group) is 1. The number of likely N-dealkylation sites (tertiary alicyclic amines) is 2. The zero-order valence-corrected chi connectivity index (χ0v) is 68.7. The third-order valence-electron chi connectivity index (χ3n) is 21.9. The molecule has 37 nitrogen and oxygen atoms in total. The Hall–Kier alpha value is -11.5. The number of carbonyl (C=O) groups is 15. The van der Waals surface area contributed by atoms with E-state index < -0.39 is 119 Å². The molecule has 3 aromatic carbocycles. The summed E-state index contributed by atoms with van der Waals surface area (Å²) in [5.41, 5.74) is 8.63. The van der Waals surface area contributed by atoms with E-state index in [1.54, 1.807) is 99.6 Å². The number of primary amides is 1. The van der Waals surface area contributed by atoms with Crippen LogP contribution in [0.15, 0.2) is 66.9 Å². The highest BCUT2D eigenvalue weighted by atomic mass is 32.2. The molecule has 6 aliphatic rings. The van der Waals surface area contributed by atoms with Crippen molar-refractivity contribution in [3.8, 4) is 5.75 Å². The molecule has 3 saturated heterocycles. The highest BCUT2D eigenvalue weighted by Gasteiger charge is 2.44. The van der Waals surface area contributed by atoms with Gasteiger partial charge >= 0.3 is 18.1 Å². The molecule has 1 saturated carbocycles. The number of aromatic nitrogens is 2. The lowest BCUT2D eigenvalue weighted by molar-refractivity contribution is -0.141. The number of ether oxygens (including phenoxy) is 3. The monoisotopic (exact) mass is 1670 g/mol. The number of fused-ring (bicyclic) bond motifs is 2. The molecule has 0 bridgehead atoms. The molecule has 0 spiro atoms. The van der Waals surface area contributed by atoms with Crippen molar-refractivity contribution in [3.63, 3.8) is 0 Å². The number of benzene rings is 3. The summed E-state index contributed by atoms with van der Waals surface area (Å²) in [6.07, 6.45) is 8.36. The number of carbonyl (C=O) groups excluding carboxylic acids is 14. The quantitative estimate of drug-likeness (QED) is 0.0217. The largest absolute Gasteiger partial charge is 0.495 e. The lowest BCUT2D eigenvalue weighted by Gasteiger charge is -2.43. The Kier molecular flexibility index (Phi) is 32.2. The normalized spacial score (nSPS) is 18.3. The Bertz CT molecular complexity index is 4410. The van der Waals surface area contributed by atoms with Crippen LogP contribution in [-0.2, 0) is 75.4 Å². The molecule has 10 rings (SSSR count). The van der Waals surface area contributed by atoms with Crippen LogP contribution in [0.5, 0.6) is 5.75 Å². The number of urea groups is 1. The zero-order valence-electron chi connectivity index (χ0n) is 67.9. The number of anilines is 6. The second-order valence-corrected chi connectivity index (χ2v) is 31.8. The summed E-state index contributed by atoms with van der Waals surface area (Å²) >= 11 is 0.987. The Morgan fingerprint density at radius 1 is 0.798 bits per heavy atom. The van der Waals surface area contributed by atoms with Crippen molar-refractivity contribution in [1.29, 1.82) is 0 Å². The second-order valence-electron chi connectivity index (χ2n) is 30.6. The number of carboxylic acids is 1. The minimum atomic E-state index is -1.26. The summed E-state index contributed by atoms with van der Waals surface area (Å²) in [6.45, 7) is 8.26. The summed E-state index contributed by atoms with van der Waals surface area (Å²) in [5, 5.41) is 33.4. The van der Waals surface area contributed by atoms with E-state index in [-0.39, 0.29) is 144 Å². The molecule has 642 valence electrons. The van der Waals surface area contributed by atoms with Crippen molar-refractivity contribution in [2.24, 2.45) is 11.7 Å². The van der Waals surface area contributed by atoms with Gasteiger partial charge in [0.1, 0.15) is 54.8 Å². The van der Waals surface area contributed by atoms with Crippen LogP contribution in [0.25, 0.3) is 0 Å². The third-order valence-corrected chi connectivity index (χ3v) is 23.2. The number of aliphatic carboxylic acids is 1. The first kappa shape index (κ1) is 89.8. The summed E-state index contributed by atoms with van der Waals surface area (Å²) in [7, 11) is 3.27. The average molecular weight is 1670 g/mol. The smallest absolute Gasteiger partial charge is 0.410 e. The van der Waals surface area contributed by atoms with Gasteiger partial charge in [-0.15, -0.1) is 11.8 Å². The Morgan fingerprint density at radius 2 is 1.55 bits per heavy atom. The van der Waals surface area contributed by atoms with Crippen molar-refractivity contribution in [3.05, 3.63) is 89.1 Å². The van der Waals surface area contributed by atoms with Crippen LogP contribution >= 0.6 is 11.8 Å². The van der Waals surface area contributed by atoms with Gasteiger partial charge in [0.25, 0.3) is 11.8 Å². The highest BCUT2D eigenvalue weighted by molar-refractivity contribution is 8.00. The molecule has 4 fully saturated rings. The highest BCUT2D eigenvalue weighted by Crippen LogP contribution is 2.41. The number of imide groups is 2. The van der Waals surface area contributed by atoms with E-state index in [9.17, 15) is 77.0 Å². The molecule has 12 N–H and O–H groups in total. The molecule has 4 aromatic rings. The van der Waals surface area contributed by atoms with Crippen molar-refractivity contribution < 1.29 is 91.2 Å². The molecule has 2 unspecified atom stereocenters. The lowest BCUT2D eigenvalue weighted by atomic mass is 10.0. The number of carboxylic acid groups (broad SMARTS) is 1. The second kappa shape index (κ2) is 42.7. The number of nitrogens with two attached hydrogens (primary N) is 1. The van der Waals surface area contributed by atoms with Crippen molar-refractivity contribution in [2.75, 3.05) is 105 Å². The number of methoxy groups -OCH3 is 1. The molecule has 6 heterocycles. The summed E-state index contributed by atoms with van der Waals surface area (Å²) < 4.78 is 17.6. The SMILES string of the molecule is CCC(=O)N[C@@H](CSC1CC(=O)N(CCCCCC(=O)N[C@H](C(=O)N[C@@H](CCCNC(N)=O)C(=O)Nc2ccc(COC(=O)N(CCOCCN3CCC(NC(=O)c4ccc(Nc5ncc6c(n5)N(C5CCCC5)[C@H](CC)C(=O)N6C)c(OC)c4)CC3)CC(=O)Nc3cccc4c3CN(C3CCC(=O)NC3=O)C4=O)cc2)C(C)C)C1=O)C(=O)O. The number of piperidine rings is 2. The summed E-state index contributed by atoms with van der Waals surface area (Å²) in [5.74, 6) is -5.87. The average Bonchev–Trinajstić information content (AvgIpc) is 1.56. The number of hydrogen-bond donors (Lipinski definition) is 11. The first-order valence-corrected chi connectivity index (χ1v) is 41.6. The molecule has 119 heavy (non-hydrogen) atoms. The Morgan fingerprint density at radius 3 is 2.25 bits per heavy atom. The van der Waals surface area contributed by atoms with Gasteiger partial charge in [-0.25, -0.2) is 19.4 Å². The van der Waals surface area contributed by atoms with E-state index in [4.69, 9.17) is 24.9 Å². The van der Waals surface area contributed by atoms with Crippen LogP contribution in [0.4, 0.5) is 44.1 Å². The molecule has 1 aromatic heterocycles. The number of amides is 15. The maximum atomic E-state index is 14.1. The van der Waals surface area contributed by atoms with Crippen LogP contribution in [0.2, 0.25) is 0 Å². The molecular formula is C81H108N18O19S. The molecule has 5 aliphatic heterocycles. The summed E-state index contributed by atoms with van der Waals surface area (Å²) in [6, 6.07) is 10.7. The standard InChI is InChI=1S/C81H108N18O19S/c1-7-59-76(110)94(5)61-42-84-80(93-70(61)99(59)52-16-11-12-17-52)90-56-27-24-49(40-62(56)116-6)71(105)85-51-30-34-95(35-31-51)36-38-117-39-37-96(44-67(103)87-55-19-14-18-53-54(55)43-98(75(53)109)60-28-29-66(102)92-73(60)107)81(115)118-45-48-22-25-50(26-23-48)86-72(106)57(20-15-32-83-79(82)114)89-74(108)69(47(3)4)91-65(101)21-10-9-13-33-97-68(104)41-63(77(97)111)119-46-58(78(112)113)88-64(100)8-2/h14,18-19,22-27,40,42,47,51-52,57-60,63,69H,7-13,15-17,20-21,28-39,41,43-46H2,1-6H3,(H,85,105)(H,86,106)(H,87,103)(H,88,100)(H,89,108)(H,91,101)(H,112,113)(H3,82,83,114)(H,84,90,93)(H,92,102,107)/t57-,58-,59+,60?,63?,69-/m0/s1. The lowest BCUT2D eigenvalue weighted by Crippen LogP contribution is -2.55. The van der Waals surface area contributed by atoms with Gasteiger partial charge in [0.15, 0.2) is 5.82 Å². The Labute approximate surface area is 693 Å². The number of hydrogen-bond acceptors (Lipinski definition) is 24. The van der Waals surface area contributed by atoms with Crippen LogP contribution < -0.4 is 68.1 Å². The first-order valence-electron chi connectivity index (χ1n) is 40.6. The number of nitrogens with one attached hydrogen (secondary N) is 9. The van der Waals surface area contributed by atoms with Gasteiger partial charge in [-0.2, -0.15) is 4.98 Å². The van der Waals surface area contributed by atoms with Crippen LogP contribution in [0.1, 0.15) is 169 Å². The molecule has 15 amide bonds. The third kappa shape index (κ3) is 24.1. The van der Waals surface area contributed by atoms with Gasteiger partial charge in [-0.3, -0.25) is 72.7 Å². The molecule has 0 radical (unpaired) electrons.